The molecule has 1 aliphatic heterocycles. The molecule has 0 bridgehead atoms. The summed E-state index contributed by atoms with van der Waals surface area (Å²) < 4.78 is 0. The summed E-state index contributed by atoms with van der Waals surface area (Å²) in [7, 11) is 0. The molecule has 0 aromatic carbocycles. The number of carbonyl (C=O) groups excluding carboxylic acids is 1. The van der Waals surface area contributed by atoms with Crippen molar-refractivity contribution >= 4 is 5.91 Å². The standard InChI is InChI=1S/C10H15N3O/c1-7-3-9-10(12-6-11-9)5-13(4-7)8(2)14/h6-7H,3-5H2,1-2H3,(H,11,12). The predicted octanol–water partition coefficient (Wildman–Crippen LogP) is 0.950. The van der Waals surface area contributed by atoms with E-state index in [0.717, 1.165) is 24.4 Å². The number of hydrogen-bond donors (Lipinski definition) is 1. The molecule has 1 amide bonds. The van der Waals surface area contributed by atoms with Gasteiger partial charge in [-0.2, -0.15) is 0 Å². The molecule has 76 valence electrons. The number of nitrogens with zero attached hydrogens (tertiary/aromatic N) is 2. The lowest BCUT2D eigenvalue weighted by Gasteiger charge is -2.20. The first-order valence-corrected chi connectivity index (χ1v) is 4.93. The molecule has 2 heterocycles. The molecule has 1 N–H and O–H groups in total. The molecule has 1 aromatic rings. The lowest BCUT2D eigenvalue weighted by atomic mass is 10.1. The summed E-state index contributed by atoms with van der Waals surface area (Å²) in [6, 6.07) is 0. The van der Waals surface area contributed by atoms with E-state index < -0.39 is 0 Å². The average molecular weight is 193 g/mol. The highest BCUT2D eigenvalue weighted by molar-refractivity contribution is 5.73. The van der Waals surface area contributed by atoms with Gasteiger partial charge in [-0.15, -0.1) is 0 Å². The van der Waals surface area contributed by atoms with Gasteiger partial charge in [0.2, 0.25) is 5.91 Å². The molecule has 4 nitrogen and oxygen atoms in total. The van der Waals surface area contributed by atoms with Crippen LogP contribution in [-0.2, 0) is 17.8 Å². The average Bonchev–Trinajstić information content (AvgIpc) is 2.45. The first kappa shape index (κ1) is 9.24. The monoisotopic (exact) mass is 193 g/mol. The molecular weight excluding hydrogens is 178 g/mol. The van der Waals surface area contributed by atoms with E-state index in [4.69, 9.17) is 0 Å². The molecule has 0 radical (unpaired) electrons. The van der Waals surface area contributed by atoms with Crippen LogP contribution in [0.5, 0.6) is 0 Å². The highest BCUT2D eigenvalue weighted by atomic mass is 16.2. The zero-order chi connectivity index (χ0) is 10.1. The van der Waals surface area contributed by atoms with Crippen LogP contribution in [0.25, 0.3) is 0 Å². The Hall–Kier alpha value is -1.32. The van der Waals surface area contributed by atoms with Crippen molar-refractivity contribution in [1.82, 2.24) is 14.9 Å². The Kier molecular flexibility index (Phi) is 2.27. The Morgan fingerprint density at radius 3 is 3.21 bits per heavy atom. The van der Waals surface area contributed by atoms with Gasteiger partial charge in [-0.1, -0.05) is 6.92 Å². The molecule has 0 saturated carbocycles. The van der Waals surface area contributed by atoms with Gasteiger partial charge in [-0.25, -0.2) is 4.98 Å². The van der Waals surface area contributed by atoms with Crippen LogP contribution >= 0.6 is 0 Å². The number of carbonyl (C=O) groups is 1. The van der Waals surface area contributed by atoms with E-state index in [9.17, 15) is 4.79 Å². The third-order valence-electron chi connectivity index (χ3n) is 2.68. The normalized spacial score (nSPS) is 21.6. The van der Waals surface area contributed by atoms with Gasteiger partial charge in [-0.3, -0.25) is 4.79 Å². The van der Waals surface area contributed by atoms with Crippen LogP contribution in [0.3, 0.4) is 0 Å². The van der Waals surface area contributed by atoms with Crippen LogP contribution < -0.4 is 0 Å². The van der Waals surface area contributed by atoms with Gasteiger partial charge >= 0.3 is 0 Å². The maximum absolute atomic E-state index is 11.3. The van der Waals surface area contributed by atoms with E-state index in [0.29, 0.717) is 12.5 Å². The third kappa shape index (κ3) is 1.64. The lowest BCUT2D eigenvalue weighted by Crippen LogP contribution is -2.31. The van der Waals surface area contributed by atoms with Crippen LogP contribution in [0.4, 0.5) is 0 Å². The number of fused-ring (bicyclic) bond motifs is 1. The van der Waals surface area contributed by atoms with Crippen molar-refractivity contribution in [3.8, 4) is 0 Å². The Bertz CT molecular complexity index is 345. The minimum absolute atomic E-state index is 0.138. The minimum atomic E-state index is 0.138. The summed E-state index contributed by atoms with van der Waals surface area (Å²) in [6.45, 7) is 5.28. The quantitative estimate of drug-likeness (QED) is 0.667. The number of imidazole rings is 1. The molecule has 1 aliphatic rings. The fraction of sp³-hybridized carbons (Fsp3) is 0.600. The van der Waals surface area contributed by atoms with E-state index in [-0.39, 0.29) is 5.91 Å². The number of nitrogens with one attached hydrogen (secondary N) is 1. The second-order valence-corrected chi connectivity index (χ2v) is 4.04. The highest BCUT2D eigenvalue weighted by Crippen LogP contribution is 2.18. The van der Waals surface area contributed by atoms with Crippen molar-refractivity contribution in [3.05, 3.63) is 17.7 Å². The zero-order valence-corrected chi connectivity index (χ0v) is 8.58. The first-order chi connectivity index (χ1) is 6.66. The maximum Gasteiger partial charge on any atom is 0.219 e. The Morgan fingerprint density at radius 1 is 1.71 bits per heavy atom. The zero-order valence-electron chi connectivity index (χ0n) is 8.58. The fourth-order valence-corrected chi connectivity index (χ4v) is 1.93. The molecule has 2 rings (SSSR count). The van der Waals surface area contributed by atoms with Gasteiger partial charge in [0.1, 0.15) is 0 Å². The minimum Gasteiger partial charge on any atom is -0.347 e. The summed E-state index contributed by atoms with van der Waals surface area (Å²) in [5.41, 5.74) is 2.20. The van der Waals surface area contributed by atoms with E-state index in [1.54, 1.807) is 13.3 Å². The number of aromatic nitrogens is 2. The van der Waals surface area contributed by atoms with Gasteiger partial charge in [0.05, 0.1) is 24.3 Å². The van der Waals surface area contributed by atoms with Crippen molar-refractivity contribution in [1.29, 1.82) is 0 Å². The topological polar surface area (TPSA) is 49.0 Å². The van der Waals surface area contributed by atoms with Crippen LogP contribution in [-0.4, -0.2) is 27.3 Å². The van der Waals surface area contributed by atoms with Crippen LogP contribution in [0.2, 0.25) is 0 Å². The predicted molar refractivity (Wildman–Crippen MR) is 52.5 cm³/mol. The number of H-pyrrole nitrogens is 1. The molecule has 1 atom stereocenters. The van der Waals surface area contributed by atoms with Crippen molar-refractivity contribution in [2.24, 2.45) is 5.92 Å². The van der Waals surface area contributed by atoms with E-state index in [2.05, 4.69) is 16.9 Å². The summed E-state index contributed by atoms with van der Waals surface area (Å²) >= 11 is 0. The smallest absolute Gasteiger partial charge is 0.219 e. The summed E-state index contributed by atoms with van der Waals surface area (Å²) in [5.74, 6) is 0.628. The van der Waals surface area contributed by atoms with E-state index in [1.165, 1.54) is 0 Å². The SMILES string of the molecule is CC(=O)N1Cc2[nH]cnc2CC(C)C1. The Morgan fingerprint density at radius 2 is 2.50 bits per heavy atom. The second kappa shape index (κ2) is 3.44. The molecule has 0 spiro atoms. The van der Waals surface area contributed by atoms with Gasteiger partial charge in [-0.05, 0) is 12.3 Å². The van der Waals surface area contributed by atoms with Gasteiger partial charge in [0.15, 0.2) is 0 Å². The van der Waals surface area contributed by atoms with Gasteiger partial charge < -0.3 is 9.88 Å². The summed E-state index contributed by atoms with van der Waals surface area (Å²) in [4.78, 5) is 20.6. The van der Waals surface area contributed by atoms with E-state index >= 15 is 0 Å². The van der Waals surface area contributed by atoms with Gasteiger partial charge in [0.25, 0.3) is 0 Å². The number of rotatable bonds is 0. The maximum atomic E-state index is 11.3. The van der Waals surface area contributed by atoms with Crippen molar-refractivity contribution in [3.63, 3.8) is 0 Å². The Balaban J connectivity index is 2.26. The molecule has 1 aromatic heterocycles. The van der Waals surface area contributed by atoms with Crippen molar-refractivity contribution in [2.75, 3.05) is 6.54 Å². The fourth-order valence-electron chi connectivity index (χ4n) is 1.93. The lowest BCUT2D eigenvalue weighted by molar-refractivity contribution is -0.129. The molecule has 1 unspecified atom stereocenters. The Labute approximate surface area is 83.3 Å². The van der Waals surface area contributed by atoms with Crippen LogP contribution in [0.1, 0.15) is 25.2 Å². The van der Waals surface area contributed by atoms with Gasteiger partial charge in [0, 0.05) is 13.5 Å². The summed E-state index contributed by atoms with van der Waals surface area (Å²) in [5, 5.41) is 0. The largest absolute Gasteiger partial charge is 0.347 e. The molecule has 0 saturated heterocycles. The number of hydrogen-bond acceptors (Lipinski definition) is 2. The van der Waals surface area contributed by atoms with Crippen LogP contribution in [0.15, 0.2) is 6.33 Å². The molecule has 4 heteroatoms. The molecule has 0 aliphatic carbocycles. The third-order valence-corrected chi connectivity index (χ3v) is 2.68. The first-order valence-electron chi connectivity index (χ1n) is 4.93. The number of aromatic amines is 1. The molecular formula is C10H15N3O. The second-order valence-electron chi connectivity index (χ2n) is 4.04. The van der Waals surface area contributed by atoms with E-state index in [1.807, 2.05) is 4.90 Å². The van der Waals surface area contributed by atoms with Crippen molar-refractivity contribution < 1.29 is 4.79 Å². The molecule has 14 heavy (non-hydrogen) atoms. The highest BCUT2D eigenvalue weighted by Gasteiger charge is 2.21. The summed E-state index contributed by atoms with van der Waals surface area (Å²) in [6.07, 6.45) is 2.67. The molecule has 0 fully saturated rings. The van der Waals surface area contributed by atoms with Crippen molar-refractivity contribution in [2.45, 2.75) is 26.8 Å². The van der Waals surface area contributed by atoms with Crippen LogP contribution in [0, 0.1) is 5.92 Å². The number of amides is 1.